The van der Waals surface area contributed by atoms with E-state index in [0.29, 0.717) is 17.5 Å². The number of ether oxygens (including phenoxy) is 1. The summed E-state index contributed by atoms with van der Waals surface area (Å²) in [5.74, 6) is -1.03. The number of fused-ring (bicyclic) bond motifs is 1. The van der Waals surface area contributed by atoms with Gasteiger partial charge in [-0.3, -0.25) is 0 Å². The van der Waals surface area contributed by atoms with Gasteiger partial charge in [0, 0.05) is 5.56 Å². The number of hydrogen-bond donors (Lipinski definition) is 1. The van der Waals surface area contributed by atoms with Crippen LogP contribution in [0.5, 0.6) is 0 Å². The molecule has 1 N–H and O–H groups in total. The minimum absolute atomic E-state index is 0.0310. The molecule has 0 bridgehead atoms. The Balaban J connectivity index is 2.66. The first-order valence-electron chi connectivity index (χ1n) is 6.49. The Labute approximate surface area is 118 Å². The lowest BCUT2D eigenvalue weighted by atomic mass is 9.96. The average Bonchev–Trinajstić information content (AvgIpc) is 2.32. The second-order valence-electron chi connectivity index (χ2n) is 5.24. The molecule has 5 nitrogen and oxygen atoms in total. The molecule has 1 aromatic rings. The molecule has 20 heavy (non-hydrogen) atoms. The molecule has 1 atom stereocenters. The number of benzene rings is 1. The standard InChI is InChI=1S/C14H18O5S/c1-8(2)19-11-6-7-20(17,18)12-5-4-10(14(15)16)9(3)13(11)12/h4-5,8,11H,6-7H2,1-3H3,(H,15,16). The van der Waals surface area contributed by atoms with Crippen molar-refractivity contribution in [2.75, 3.05) is 5.75 Å². The maximum absolute atomic E-state index is 12.1. The third-order valence-corrected chi connectivity index (χ3v) is 5.25. The summed E-state index contributed by atoms with van der Waals surface area (Å²) >= 11 is 0. The quantitative estimate of drug-likeness (QED) is 0.926. The fourth-order valence-corrected chi connectivity index (χ4v) is 4.23. The number of rotatable bonds is 3. The molecular weight excluding hydrogens is 280 g/mol. The number of sulfone groups is 1. The van der Waals surface area contributed by atoms with Gasteiger partial charge in [-0.1, -0.05) is 0 Å². The van der Waals surface area contributed by atoms with E-state index in [-0.39, 0.29) is 28.4 Å². The van der Waals surface area contributed by atoms with Crippen molar-refractivity contribution < 1.29 is 23.1 Å². The van der Waals surface area contributed by atoms with Crippen molar-refractivity contribution in [1.29, 1.82) is 0 Å². The first-order chi connectivity index (χ1) is 9.24. The summed E-state index contributed by atoms with van der Waals surface area (Å²) in [6.45, 7) is 5.39. The fraction of sp³-hybridized carbons (Fsp3) is 0.500. The summed E-state index contributed by atoms with van der Waals surface area (Å²) in [5, 5.41) is 9.18. The maximum atomic E-state index is 12.1. The van der Waals surface area contributed by atoms with Crippen molar-refractivity contribution in [2.24, 2.45) is 0 Å². The van der Waals surface area contributed by atoms with Gasteiger partial charge in [0.25, 0.3) is 0 Å². The minimum atomic E-state index is -3.35. The number of hydrogen-bond acceptors (Lipinski definition) is 4. The van der Waals surface area contributed by atoms with E-state index >= 15 is 0 Å². The Kier molecular flexibility index (Phi) is 3.88. The molecule has 1 heterocycles. The van der Waals surface area contributed by atoms with Crippen LogP contribution in [-0.2, 0) is 14.6 Å². The Morgan fingerprint density at radius 2 is 2.05 bits per heavy atom. The molecular formula is C14H18O5S. The van der Waals surface area contributed by atoms with Crippen LogP contribution in [-0.4, -0.2) is 31.4 Å². The number of carbonyl (C=O) groups is 1. The summed E-state index contributed by atoms with van der Waals surface area (Å²) in [6.07, 6.45) is -0.0633. The summed E-state index contributed by atoms with van der Waals surface area (Å²) in [7, 11) is -3.35. The van der Waals surface area contributed by atoms with Gasteiger partial charge in [0.2, 0.25) is 0 Å². The van der Waals surface area contributed by atoms with Crippen molar-refractivity contribution in [3.05, 3.63) is 28.8 Å². The Morgan fingerprint density at radius 1 is 1.40 bits per heavy atom. The molecule has 1 aromatic carbocycles. The van der Waals surface area contributed by atoms with E-state index in [1.807, 2.05) is 13.8 Å². The smallest absolute Gasteiger partial charge is 0.335 e. The summed E-state index contributed by atoms with van der Waals surface area (Å²) in [6, 6.07) is 2.74. The van der Waals surface area contributed by atoms with Gasteiger partial charge < -0.3 is 9.84 Å². The Morgan fingerprint density at radius 3 is 2.60 bits per heavy atom. The zero-order chi connectivity index (χ0) is 15.1. The van der Waals surface area contributed by atoms with Crippen LogP contribution in [0.2, 0.25) is 0 Å². The van der Waals surface area contributed by atoms with Crippen LogP contribution in [0, 0.1) is 6.92 Å². The van der Waals surface area contributed by atoms with Gasteiger partial charge in [0.15, 0.2) is 9.84 Å². The normalized spacial score (nSPS) is 20.7. The van der Waals surface area contributed by atoms with Crippen LogP contribution in [0.15, 0.2) is 17.0 Å². The van der Waals surface area contributed by atoms with Crippen LogP contribution in [0.4, 0.5) is 0 Å². The SMILES string of the molecule is Cc1c(C(=O)O)ccc2c1C(OC(C)C)CCS2(=O)=O. The van der Waals surface area contributed by atoms with Gasteiger partial charge in [0.05, 0.1) is 28.4 Å². The van der Waals surface area contributed by atoms with Gasteiger partial charge in [-0.25, -0.2) is 13.2 Å². The van der Waals surface area contributed by atoms with Gasteiger partial charge in [-0.2, -0.15) is 0 Å². The van der Waals surface area contributed by atoms with E-state index in [9.17, 15) is 18.3 Å². The van der Waals surface area contributed by atoms with E-state index in [0.717, 1.165) is 0 Å². The van der Waals surface area contributed by atoms with Crippen molar-refractivity contribution in [3.8, 4) is 0 Å². The van der Waals surface area contributed by atoms with Crippen molar-refractivity contribution in [3.63, 3.8) is 0 Å². The highest BCUT2D eigenvalue weighted by Crippen LogP contribution is 2.38. The Bertz CT molecular complexity index is 646. The van der Waals surface area contributed by atoms with Gasteiger partial charge in [-0.15, -0.1) is 0 Å². The predicted molar refractivity (Wildman–Crippen MR) is 73.8 cm³/mol. The first-order valence-corrected chi connectivity index (χ1v) is 8.14. The highest BCUT2D eigenvalue weighted by molar-refractivity contribution is 7.91. The second kappa shape index (κ2) is 5.18. The molecule has 0 saturated heterocycles. The molecule has 1 unspecified atom stereocenters. The molecule has 2 rings (SSSR count). The number of carboxylic acid groups (broad SMARTS) is 1. The Hall–Kier alpha value is -1.40. The molecule has 110 valence electrons. The molecule has 0 amide bonds. The third-order valence-electron chi connectivity index (χ3n) is 3.45. The summed E-state index contributed by atoms with van der Waals surface area (Å²) in [4.78, 5) is 11.4. The van der Waals surface area contributed by atoms with Crippen LogP contribution >= 0.6 is 0 Å². The highest BCUT2D eigenvalue weighted by atomic mass is 32.2. The van der Waals surface area contributed by atoms with Gasteiger partial charge in [0.1, 0.15) is 0 Å². The van der Waals surface area contributed by atoms with Crippen molar-refractivity contribution in [2.45, 2.75) is 44.3 Å². The molecule has 0 fully saturated rings. The van der Waals surface area contributed by atoms with E-state index < -0.39 is 15.8 Å². The summed E-state index contributed by atoms with van der Waals surface area (Å²) < 4.78 is 30.0. The van der Waals surface area contributed by atoms with E-state index in [1.54, 1.807) is 6.92 Å². The fourth-order valence-electron chi connectivity index (χ4n) is 2.59. The minimum Gasteiger partial charge on any atom is -0.478 e. The van der Waals surface area contributed by atoms with Crippen LogP contribution in [0.25, 0.3) is 0 Å². The lowest BCUT2D eigenvalue weighted by molar-refractivity contribution is 0.00169. The van der Waals surface area contributed by atoms with Gasteiger partial charge in [-0.05, 0) is 44.9 Å². The molecule has 0 aromatic heterocycles. The highest BCUT2D eigenvalue weighted by Gasteiger charge is 2.34. The van der Waals surface area contributed by atoms with E-state index in [2.05, 4.69) is 0 Å². The first kappa shape index (κ1) is 15.0. The lowest BCUT2D eigenvalue weighted by Crippen LogP contribution is -2.25. The topological polar surface area (TPSA) is 80.7 Å². The monoisotopic (exact) mass is 298 g/mol. The molecule has 0 saturated carbocycles. The predicted octanol–water partition coefficient (Wildman–Crippen LogP) is 2.34. The molecule has 0 aliphatic carbocycles. The van der Waals surface area contributed by atoms with Crippen LogP contribution in [0.3, 0.4) is 0 Å². The lowest BCUT2D eigenvalue weighted by Gasteiger charge is -2.29. The molecule has 6 heteroatoms. The van der Waals surface area contributed by atoms with E-state index in [4.69, 9.17) is 4.74 Å². The van der Waals surface area contributed by atoms with Crippen LogP contribution in [0.1, 0.15) is 47.9 Å². The molecule has 1 aliphatic rings. The second-order valence-corrected chi connectivity index (χ2v) is 7.31. The molecule has 0 spiro atoms. The van der Waals surface area contributed by atoms with Crippen LogP contribution < -0.4 is 0 Å². The zero-order valence-electron chi connectivity index (χ0n) is 11.7. The summed E-state index contributed by atoms with van der Waals surface area (Å²) in [5.41, 5.74) is 1.10. The van der Waals surface area contributed by atoms with Crippen molar-refractivity contribution >= 4 is 15.8 Å². The third kappa shape index (κ3) is 2.58. The number of aromatic carboxylic acids is 1. The largest absolute Gasteiger partial charge is 0.478 e. The maximum Gasteiger partial charge on any atom is 0.335 e. The molecule has 0 radical (unpaired) electrons. The molecule has 1 aliphatic heterocycles. The van der Waals surface area contributed by atoms with Gasteiger partial charge >= 0.3 is 5.97 Å². The van der Waals surface area contributed by atoms with Crippen molar-refractivity contribution in [1.82, 2.24) is 0 Å². The average molecular weight is 298 g/mol. The zero-order valence-corrected chi connectivity index (χ0v) is 12.5. The van der Waals surface area contributed by atoms with E-state index in [1.165, 1.54) is 12.1 Å². The number of carboxylic acids is 1.